The van der Waals surface area contributed by atoms with Crippen molar-refractivity contribution in [1.29, 1.82) is 0 Å². The lowest BCUT2D eigenvalue weighted by atomic mass is 10.2. The van der Waals surface area contributed by atoms with E-state index in [-0.39, 0.29) is 51.0 Å². The minimum atomic E-state index is -0.936. The van der Waals surface area contributed by atoms with Crippen molar-refractivity contribution in [1.82, 2.24) is 10.2 Å². The second-order valence-corrected chi connectivity index (χ2v) is 4.90. The van der Waals surface area contributed by atoms with E-state index in [1.165, 1.54) is 6.07 Å². The normalized spacial score (nSPS) is 14.4. The van der Waals surface area contributed by atoms with Gasteiger partial charge >= 0.3 is 0 Å². The van der Waals surface area contributed by atoms with Gasteiger partial charge in [-0.05, 0) is 12.1 Å². The summed E-state index contributed by atoms with van der Waals surface area (Å²) >= 11 is 0. The van der Waals surface area contributed by atoms with Gasteiger partial charge in [0.2, 0.25) is 11.8 Å². The van der Waals surface area contributed by atoms with Crippen LogP contribution < -0.4 is 5.32 Å². The molecule has 1 aliphatic heterocycles. The number of carbonyl (C=O) groups excluding carboxylic acids is 3. The molecule has 1 aromatic carbocycles. The number of hydrogen-bond acceptors (Lipinski definition) is 4. The Morgan fingerprint density at radius 1 is 1.13 bits per heavy atom. The van der Waals surface area contributed by atoms with Gasteiger partial charge in [-0.15, -0.1) is 0 Å². The molecular formula is C15H16F2N2O4. The van der Waals surface area contributed by atoms with Gasteiger partial charge in [-0.1, -0.05) is 6.07 Å². The Morgan fingerprint density at radius 3 is 2.35 bits per heavy atom. The zero-order valence-corrected chi connectivity index (χ0v) is 12.3. The minimum absolute atomic E-state index is 0.0501. The third-order valence-corrected chi connectivity index (χ3v) is 3.34. The van der Waals surface area contributed by atoms with Crippen LogP contribution in [0.25, 0.3) is 0 Å². The molecule has 2 rings (SSSR count). The molecule has 1 N–H and O–H groups in total. The zero-order valence-electron chi connectivity index (χ0n) is 12.3. The third kappa shape index (κ3) is 4.32. The first kappa shape index (κ1) is 17.0. The molecule has 1 aromatic rings. The molecular weight excluding hydrogens is 310 g/mol. The van der Waals surface area contributed by atoms with Gasteiger partial charge in [0.1, 0.15) is 17.2 Å². The average Bonchev–Trinajstić information content (AvgIpc) is 2.82. The van der Waals surface area contributed by atoms with Crippen molar-refractivity contribution >= 4 is 17.7 Å². The van der Waals surface area contributed by atoms with Gasteiger partial charge in [0.25, 0.3) is 5.91 Å². The van der Waals surface area contributed by atoms with Gasteiger partial charge in [-0.2, -0.15) is 0 Å². The number of ether oxygens (including phenoxy) is 1. The molecule has 124 valence electrons. The molecule has 0 saturated carbocycles. The van der Waals surface area contributed by atoms with E-state index >= 15 is 0 Å². The largest absolute Gasteiger partial charge is 0.378 e. The fourth-order valence-corrected chi connectivity index (χ4v) is 2.17. The van der Waals surface area contributed by atoms with Gasteiger partial charge in [0, 0.05) is 19.4 Å². The molecule has 23 heavy (non-hydrogen) atoms. The Morgan fingerprint density at radius 2 is 1.74 bits per heavy atom. The van der Waals surface area contributed by atoms with E-state index < -0.39 is 23.1 Å². The van der Waals surface area contributed by atoms with Crippen LogP contribution in [0.3, 0.4) is 0 Å². The lowest BCUT2D eigenvalue weighted by molar-refractivity contribution is -0.139. The predicted molar refractivity (Wildman–Crippen MR) is 75.5 cm³/mol. The Labute approximate surface area is 131 Å². The standard InChI is InChI=1S/C15H16F2N2O4/c16-10-2-1-3-11(17)14(10)15(22)18-6-8-23-9-7-19-12(20)4-5-13(19)21/h1-3H,4-9H2,(H,18,22). The molecule has 1 fully saturated rings. The maximum atomic E-state index is 13.4. The molecule has 1 heterocycles. The Kier molecular flexibility index (Phi) is 5.75. The molecule has 8 heteroatoms. The summed E-state index contributed by atoms with van der Waals surface area (Å²) in [7, 11) is 0. The summed E-state index contributed by atoms with van der Waals surface area (Å²) in [6, 6.07) is 3.17. The second-order valence-electron chi connectivity index (χ2n) is 4.90. The van der Waals surface area contributed by atoms with E-state index in [0.29, 0.717) is 0 Å². The topological polar surface area (TPSA) is 75.7 Å². The molecule has 3 amide bonds. The van der Waals surface area contributed by atoms with Gasteiger partial charge in [0.05, 0.1) is 19.8 Å². The van der Waals surface area contributed by atoms with Crippen LogP contribution in [0.1, 0.15) is 23.2 Å². The maximum absolute atomic E-state index is 13.4. The van der Waals surface area contributed by atoms with Crippen LogP contribution in [0, 0.1) is 11.6 Å². The summed E-state index contributed by atoms with van der Waals surface area (Å²) in [5.41, 5.74) is -0.638. The van der Waals surface area contributed by atoms with Crippen molar-refractivity contribution in [2.75, 3.05) is 26.3 Å². The minimum Gasteiger partial charge on any atom is -0.378 e. The van der Waals surface area contributed by atoms with Crippen molar-refractivity contribution in [2.24, 2.45) is 0 Å². The number of likely N-dealkylation sites (tertiary alicyclic amines) is 1. The highest BCUT2D eigenvalue weighted by Crippen LogP contribution is 2.12. The van der Waals surface area contributed by atoms with Gasteiger partial charge in [-0.3, -0.25) is 19.3 Å². The lowest BCUT2D eigenvalue weighted by Gasteiger charge is -2.13. The smallest absolute Gasteiger partial charge is 0.257 e. The molecule has 0 radical (unpaired) electrons. The van der Waals surface area contributed by atoms with Crippen LogP contribution in [0.5, 0.6) is 0 Å². The number of rotatable bonds is 7. The first-order valence-corrected chi connectivity index (χ1v) is 7.14. The van der Waals surface area contributed by atoms with Crippen molar-refractivity contribution in [3.05, 3.63) is 35.4 Å². The molecule has 0 atom stereocenters. The summed E-state index contributed by atoms with van der Waals surface area (Å²) < 4.78 is 31.9. The fourth-order valence-electron chi connectivity index (χ4n) is 2.17. The van der Waals surface area contributed by atoms with Crippen LogP contribution in [0.4, 0.5) is 8.78 Å². The van der Waals surface area contributed by atoms with Crippen molar-refractivity contribution in [3.8, 4) is 0 Å². The van der Waals surface area contributed by atoms with Crippen molar-refractivity contribution in [2.45, 2.75) is 12.8 Å². The Bertz CT molecular complexity index is 585. The summed E-state index contributed by atoms with van der Waals surface area (Å²) in [5, 5.41) is 2.34. The number of nitrogens with one attached hydrogen (secondary N) is 1. The molecule has 1 aliphatic rings. The van der Waals surface area contributed by atoms with Gasteiger partial charge < -0.3 is 10.1 Å². The van der Waals surface area contributed by atoms with E-state index in [1.807, 2.05) is 0 Å². The summed E-state index contributed by atoms with van der Waals surface area (Å²) in [5.74, 6) is -3.18. The number of nitrogens with zero attached hydrogens (tertiary/aromatic N) is 1. The number of carbonyl (C=O) groups is 3. The summed E-state index contributed by atoms with van der Waals surface area (Å²) in [6.45, 7) is 0.446. The first-order chi connectivity index (χ1) is 11.0. The highest BCUT2D eigenvalue weighted by molar-refractivity contribution is 6.01. The first-order valence-electron chi connectivity index (χ1n) is 7.14. The average molecular weight is 326 g/mol. The van der Waals surface area contributed by atoms with E-state index in [4.69, 9.17) is 4.74 Å². The van der Waals surface area contributed by atoms with Crippen LogP contribution in [-0.2, 0) is 14.3 Å². The molecule has 6 nitrogen and oxygen atoms in total. The highest BCUT2D eigenvalue weighted by Gasteiger charge is 2.28. The predicted octanol–water partition coefficient (Wildman–Crippen LogP) is 0.860. The zero-order chi connectivity index (χ0) is 16.8. The van der Waals surface area contributed by atoms with E-state index in [0.717, 1.165) is 17.0 Å². The monoisotopic (exact) mass is 326 g/mol. The lowest BCUT2D eigenvalue weighted by Crippen LogP contribution is -2.33. The highest BCUT2D eigenvalue weighted by atomic mass is 19.1. The van der Waals surface area contributed by atoms with Crippen LogP contribution in [0.15, 0.2) is 18.2 Å². The Hall–Kier alpha value is -2.35. The van der Waals surface area contributed by atoms with E-state index in [2.05, 4.69) is 5.32 Å². The molecule has 0 aromatic heterocycles. The third-order valence-electron chi connectivity index (χ3n) is 3.34. The van der Waals surface area contributed by atoms with Gasteiger partial charge in [0.15, 0.2) is 0 Å². The number of imide groups is 1. The van der Waals surface area contributed by atoms with Crippen LogP contribution >= 0.6 is 0 Å². The van der Waals surface area contributed by atoms with E-state index in [1.54, 1.807) is 0 Å². The summed E-state index contributed by atoms with van der Waals surface area (Å²) in [6.07, 6.45) is 0.451. The number of halogens is 2. The SMILES string of the molecule is O=C(NCCOCCN1C(=O)CCC1=O)c1c(F)cccc1F. The van der Waals surface area contributed by atoms with Crippen molar-refractivity contribution in [3.63, 3.8) is 0 Å². The molecule has 1 saturated heterocycles. The molecule has 0 bridgehead atoms. The molecule has 0 unspecified atom stereocenters. The second kappa shape index (κ2) is 7.77. The fraction of sp³-hybridized carbons (Fsp3) is 0.400. The van der Waals surface area contributed by atoms with Crippen LogP contribution in [-0.4, -0.2) is 48.9 Å². The number of amides is 3. The quantitative estimate of drug-likeness (QED) is 0.596. The number of hydrogen-bond donors (Lipinski definition) is 1. The molecule has 0 aliphatic carbocycles. The van der Waals surface area contributed by atoms with Crippen LogP contribution in [0.2, 0.25) is 0 Å². The van der Waals surface area contributed by atoms with E-state index in [9.17, 15) is 23.2 Å². The number of benzene rings is 1. The Balaban J connectivity index is 1.67. The van der Waals surface area contributed by atoms with Crippen molar-refractivity contribution < 1.29 is 27.9 Å². The maximum Gasteiger partial charge on any atom is 0.257 e. The summed E-state index contributed by atoms with van der Waals surface area (Å²) in [4.78, 5) is 35.5. The molecule has 0 spiro atoms. The van der Waals surface area contributed by atoms with Gasteiger partial charge in [-0.25, -0.2) is 8.78 Å².